The highest BCUT2D eigenvalue weighted by molar-refractivity contribution is 7.90. The van der Waals surface area contributed by atoms with Crippen LogP contribution in [0, 0.1) is 0 Å². The van der Waals surface area contributed by atoms with E-state index in [2.05, 4.69) is 65.8 Å². The Balaban J connectivity index is 1.88. The van der Waals surface area contributed by atoms with Crippen molar-refractivity contribution in [1.82, 2.24) is 15.5 Å². The lowest BCUT2D eigenvalue weighted by molar-refractivity contribution is 0.298. The van der Waals surface area contributed by atoms with Gasteiger partial charge in [-0.05, 0) is 55.8 Å². The molecule has 0 aromatic heterocycles. The molecule has 2 N–H and O–H groups in total. The fourth-order valence-corrected chi connectivity index (χ4v) is 3.85. The maximum Gasteiger partial charge on any atom is 0.191 e. The maximum absolute atomic E-state index is 11.6. The minimum Gasteiger partial charge on any atom is -0.356 e. The molecule has 0 spiro atoms. The Bertz CT molecular complexity index is 921. The first-order chi connectivity index (χ1) is 14.2. The summed E-state index contributed by atoms with van der Waals surface area (Å²) in [6.45, 7) is 3.60. The van der Waals surface area contributed by atoms with Crippen molar-refractivity contribution < 1.29 is 8.42 Å². The fraction of sp³-hybridized carbons (Fsp3) is 0.435. The Morgan fingerprint density at radius 2 is 1.60 bits per heavy atom. The van der Waals surface area contributed by atoms with Gasteiger partial charge in [-0.2, -0.15) is 0 Å². The van der Waals surface area contributed by atoms with E-state index in [1.54, 1.807) is 19.2 Å². The zero-order valence-corrected chi connectivity index (χ0v) is 19.5. The Morgan fingerprint density at radius 3 is 2.10 bits per heavy atom. The molecule has 0 fully saturated rings. The summed E-state index contributed by atoms with van der Waals surface area (Å²) in [5.41, 5.74) is 3.69. The predicted molar refractivity (Wildman–Crippen MR) is 125 cm³/mol. The van der Waals surface area contributed by atoms with Crippen molar-refractivity contribution in [3.63, 3.8) is 0 Å². The standard InChI is InChI=1S/C23H34N4O2S/c1-6-18-7-11-20(12-8-18)22(27(3)4)17-26-23(24-2)25-16-15-19-9-13-21(14-10-19)30(5,28)29/h7-14,22H,6,15-17H2,1-5H3,(H2,24,25,26). The van der Waals surface area contributed by atoms with Crippen LogP contribution in [0.3, 0.4) is 0 Å². The lowest BCUT2D eigenvalue weighted by Crippen LogP contribution is -2.42. The summed E-state index contributed by atoms with van der Waals surface area (Å²) in [5, 5.41) is 6.74. The average molecular weight is 431 g/mol. The summed E-state index contributed by atoms with van der Waals surface area (Å²) in [6.07, 6.45) is 3.04. The van der Waals surface area contributed by atoms with Gasteiger partial charge in [-0.25, -0.2) is 8.42 Å². The molecule has 0 aliphatic carbocycles. The number of sulfone groups is 1. The molecule has 0 radical (unpaired) electrons. The highest BCUT2D eigenvalue weighted by Crippen LogP contribution is 2.18. The van der Waals surface area contributed by atoms with Gasteiger partial charge in [-0.15, -0.1) is 0 Å². The molecule has 2 aromatic carbocycles. The molecular formula is C23H34N4O2S. The summed E-state index contributed by atoms with van der Waals surface area (Å²) in [5.74, 6) is 0.750. The zero-order chi connectivity index (χ0) is 22.1. The highest BCUT2D eigenvalue weighted by atomic mass is 32.2. The molecule has 0 bridgehead atoms. The van der Waals surface area contributed by atoms with E-state index in [-0.39, 0.29) is 6.04 Å². The van der Waals surface area contributed by atoms with E-state index in [9.17, 15) is 8.42 Å². The molecule has 7 heteroatoms. The van der Waals surface area contributed by atoms with Gasteiger partial charge in [0.1, 0.15) is 0 Å². The first-order valence-electron chi connectivity index (χ1n) is 10.2. The Kier molecular flexibility index (Phi) is 8.87. The predicted octanol–water partition coefficient (Wildman–Crippen LogP) is 2.66. The van der Waals surface area contributed by atoms with E-state index in [0.29, 0.717) is 11.4 Å². The summed E-state index contributed by atoms with van der Waals surface area (Å²) >= 11 is 0. The van der Waals surface area contributed by atoms with Crippen molar-refractivity contribution in [2.75, 3.05) is 40.5 Å². The number of nitrogens with zero attached hydrogens (tertiary/aromatic N) is 2. The first kappa shape index (κ1) is 23.9. The van der Waals surface area contributed by atoms with Crippen LogP contribution in [0.4, 0.5) is 0 Å². The van der Waals surface area contributed by atoms with Crippen molar-refractivity contribution >= 4 is 15.8 Å². The number of aryl methyl sites for hydroxylation is 1. The van der Waals surface area contributed by atoms with Gasteiger partial charge in [0.05, 0.1) is 10.9 Å². The molecule has 0 aliphatic rings. The number of benzene rings is 2. The van der Waals surface area contributed by atoms with Crippen LogP contribution in [0.25, 0.3) is 0 Å². The van der Waals surface area contributed by atoms with Crippen molar-refractivity contribution in [2.24, 2.45) is 4.99 Å². The van der Waals surface area contributed by atoms with Crippen LogP contribution in [-0.4, -0.2) is 59.8 Å². The Hall–Kier alpha value is -2.38. The smallest absolute Gasteiger partial charge is 0.191 e. The summed E-state index contributed by atoms with van der Waals surface area (Å²) in [4.78, 5) is 6.86. The topological polar surface area (TPSA) is 73.8 Å². The molecule has 0 saturated heterocycles. The average Bonchev–Trinajstić information content (AvgIpc) is 2.72. The van der Waals surface area contributed by atoms with Crippen LogP contribution < -0.4 is 10.6 Å². The zero-order valence-electron chi connectivity index (χ0n) is 18.6. The largest absolute Gasteiger partial charge is 0.356 e. The van der Waals surface area contributed by atoms with E-state index < -0.39 is 9.84 Å². The van der Waals surface area contributed by atoms with Crippen molar-refractivity contribution in [3.05, 3.63) is 65.2 Å². The molecule has 30 heavy (non-hydrogen) atoms. The second kappa shape index (κ2) is 11.1. The van der Waals surface area contributed by atoms with Crippen LogP contribution >= 0.6 is 0 Å². The van der Waals surface area contributed by atoms with Crippen LogP contribution in [-0.2, 0) is 22.7 Å². The number of rotatable bonds is 9. The summed E-state index contributed by atoms with van der Waals surface area (Å²) in [7, 11) is 2.76. The van der Waals surface area contributed by atoms with Gasteiger partial charge in [0.15, 0.2) is 15.8 Å². The second-order valence-corrected chi connectivity index (χ2v) is 9.64. The lowest BCUT2D eigenvalue weighted by Gasteiger charge is -2.26. The molecule has 6 nitrogen and oxygen atoms in total. The minimum absolute atomic E-state index is 0.234. The van der Waals surface area contributed by atoms with E-state index in [4.69, 9.17) is 0 Å². The van der Waals surface area contributed by atoms with E-state index in [1.165, 1.54) is 17.4 Å². The van der Waals surface area contributed by atoms with Gasteiger partial charge in [0.25, 0.3) is 0 Å². The maximum atomic E-state index is 11.6. The number of aliphatic imine (C=N–C) groups is 1. The molecule has 164 valence electrons. The molecule has 1 unspecified atom stereocenters. The third-order valence-corrected chi connectivity index (χ3v) is 6.27. The van der Waals surface area contributed by atoms with E-state index in [0.717, 1.165) is 30.9 Å². The van der Waals surface area contributed by atoms with Gasteiger partial charge in [0.2, 0.25) is 0 Å². The Labute approximate surface area is 181 Å². The number of hydrogen-bond donors (Lipinski definition) is 2. The van der Waals surface area contributed by atoms with Crippen molar-refractivity contribution in [3.8, 4) is 0 Å². The van der Waals surface area contributed by atoms with Gasteiger partial charge >= 0.3 is 0 Å². The summed E-state index contributed by atoms with van der Waals surface area (Å²) < 4.78 is 23.1. The van der Waals surface area contributed by atoms with Crippen LogP contribution in [0.2, 0.25) is 0 Å². The number of hydrogen-bond acceptors (Lipinski definition) is 4. The third kappa shape index (κ3) is 7.15. The van der Waals surface area contributed by atoms with Gasteiger partial charge in [-0.1, -0.05) is 43.3 Å². The quantitative estimate of drug-likeness (QED) is 0.473. The number of guanidine groups is 1. The monoisotopic (exact) mass is 430 g/mol. The van der Waals surface area contributed by atoms with Crippen LogP contribution in [0.5, 0.6) is 0 Å². The van der Waals surface area contributed by atoms with Gasteiger partial charge in [-0.3, -0.25) is 4.99 Å². The molecule has 2 rings (SSSR count). The molecule has 0 saturated carbocycles. The van der Waals surface area contributed by atoms with E-state index in [1.807, 2.05) is 12.1 Å². The highest BCUT2D eigenvalue weighted by Gasteiger charge is 2.14. The minimum atomic E-state index is -3.16. The molecule has 2 aromatic rings. The van der Waals surface area contributed by atoms with Crippen LogP contribution in [0.1, 0.15) is 29.7 Å². The SMILES string of the molecule is CCc1ccc(C(CNC(=NC)NCCc2ccc(S(C)(=O)=O)cc2)N(C)C)cc1. The molecule has 0 amide bonds. The number of likely N-dealkylation sites (N-methyl/N-ethyl adjacent to an activating group) is 1. The Morgan fingerprint density at radius 1 is 1.00 bits per heavy atom. The van der Waals surface area contributed by atoms with E-state index >= 15 is 0 Å². The molecule has 0 aliphatic heterocycles. The molecular weight excluding hydrogens is 396 g/mol. The van der Waals surface area contributed by atoms with Gasteiger partial charge < -0.3 is 15.5 Å². The summed E-state index contributed by atoms with van der Waals surface area (Å²) in [6, 6.07) is 16.0. The van der Waals surface area contributed by atoms with Crippen molar-refractivity contribution in [2.45, 2.75) is 30.7 Å². The third-order valence-electron chi connectivity index (χ3n) is 5.14. The second-order valence-electron chi connectivity index (χ2n) is 7.62. The first-order valence-corrected chi connectivity index (χ1v) is 12.1. The van der Waals surface area contributed by atoms with Crippen LogP contribution in [0.15, 0.2) is 58.4 Å². The van der Waals surface area contributed by atoms with Crippen molar-refractivity contribution in [1.29, 1.82) is 0 Å². The lowest BCUT2D eigenvalue weighted by atomic mass is 10.0. The fourth-order valence-electron chi connectivity index (χ4n) is 3.22. The molecule has 0 heterocycles. The number of nitrogens with one attached hydrogen (secondary N) is 2. The van der Waals surface area contributed by atoms with Gasteiger partial charge in [0, 0.05) is 26.4 Å². The molecule has 1 atom stereocenters. The normalized spacial score (nSPS) is 13.3.